The van der Waals surface area contributed by atoms with Crippen molar-refractivity contribution in [1.82, 2.24) is 14.1 Å². The van der Waals surface area contributed by atoms with Crippen molar-refractivity contribution in [1.29, 1.82) is 0 Å². The zero-order valence-electron chi connectivity index (χ0n) is 26.3. The van der Waals surface area contributed by atoms with E-state index in [0.29, 0.717) is 0 Å². The summed E-state index contributed by atoms with van der Waals surface area (Å²) in [5.41, 5.74) is 12.2. The second-order valence-electron chi connectivity index (χ2n) is 12.8. The predicted molar refractivity (Wildman–Crippen MR) is 205 cm³/mol. The molecule has 0 spiro atoms. The average Bonchev–Trinajstić information content (AvgIpc) is 3.67. The van der Waals surface area contributed by atoms with Crippen molar-refractivity contribution < 1.29 is 0 Å². The molecular weight excluding hydrogens is 615 g/mol. The summed E-state index contributed by atoms with van der Waals surface area (Å²) in [5.74, 6) is 0. The standard InChI is InChI=1S/C45H27N3S/c1-2-9-30(10-3-1)48-40-20-18-29(28-17-19-39-36(25-28)32-11-4-6-15-38(32)47(39)31-21-23-46-24-22-31)26-37(40)44-35-14-8-13-34-33-12-5-7-16-42(33)49-43(45(34)35)27-41(44)48/h1-27H. The highest BCUT2D eigenvalue weighted by Gasteiger charge is 2.24. The molecule has 0 saturated carbocycles. The number of benzene rings is 7. The first-order chi connectivity index (χ1) is 24.3. The molecule has 0 unspecified atom stereocenters. The monoisotopic (exact) mass is 641 g/mol. The van der Waals surface area contributed by atoms with E-state index in [1.807, 2.05) is 24.2 Å². The van der Waals surface area contributed by atoms with E-state index in [0.717, 1.165) is 5.69 Å². The first-order valence-electron chi connectivity index (χ1n) is 16.6. The van der Waals surface area contributed by atoms with Gasteiger partial charge in [0, 0.05) is 60.5 Å². The molecule has 1 aliphatic heterocycles. The summed E-state index contributed by atoms with van der Waals surface area (Å²) in [5, 5.41) is 7.71. The maximum absolute atomic E-state index is 4.27. The Balaban J connectivity index is 1.20. The van der Waals surface area contributed by atoms with E-state index in [1.54, 1.807) is 0 Å². The van der Waals surface area contributed by atoms with Crippen LogP contribution in [0.5, 0.6) is 0 Å². The second-order valence-corrected chi connectivity index (χ2v) is 13.9. The highest BCUT2D eigenvalue weighted by molar-refractivity contribution is 7.99. The first kappa shape index (κ1) is 26.9. The van der Waals surface area contributed by atoms with E-state index in [4.69, 9.17) is 0 Å². The molecule has 0 fully saturated rings. The van der Waals surface area contributed by atoms with Crippen LogP contribution >= 0.6 is 11.8 Å². The molecule has 1 aliphatic rings. The lowest BCUT2D eigenvalue weighted by atomic mass is 9.94. The topological polar surface area (TPSA) is 22.8 Å². The van der Waals surface area contributed by atoms with Crippen LogP contribution in [0.15, 0.2) is 174 Å². The summed E-state index contributed by atoms with van der Waals surface area (Å²) >= 11 is 1.89. The first-order valence-corrected chi connectivity index (χ1v) is 17.4. The third-order valence-electron chi connectivity index (χ3n) is 10.2. The highest BCUT2D eigenvalue weighted by Crippen LogP contribution is 2.51. The molecule has 0 N–H and O–H groups in total. The molecule has 49 heavy (non-hydrogen) atoms. The van der Waals surface area contributed by atoms with Gasteiger partial charge in [0.25, 0.3) is 0 Å². The summed E-state index contributed by atoms with van der Waals surface area (Å²) in [4.78, 5) is 6.89. The third-order valence-corrected chi connectivity index (χ3v) is 11.3. The molecule has 3 aromatic heterocycles. The van der Waals surface area contributed by atoms with E-state index in [-0.39, 0.29) is 0 Å². The summed E-state index contributed by atoms with van der Waals surface area (Å²) < 4.78 is 4.79. The van der Waals surface area contributed by atoms with Gasteiger partial charge in [-0.1, -0.05) is 96.7 Å². The van der Waals surface area contributed by atoms with Crippen LogP contribution in [0, 0.1) is 0 Å². The van der Waals surface area contributed by atoms with Crippen LogP contribution in [-0.2, 0) is 0 Å². The molecule has 0 amide bonds. The van der Waals surface area contributed by atoms with Gasteiger partial charge >= 0.3 is 0 Å². The fraction of sp³-hybridized carbons (Fsp3) is 0. The van der Waals surface area contributed by atoms with Gasteiger partial charge in [0.2, 0.25) is 0 Å². The predicted octanol–water partition coefficient (Wildman–Crippen LogP) is 12.2. The van der Waals surface area contributed by atoms with Crippen LogP contribution in [0.2, 0.25) is 0 Å². The van der Waals surface area contributed by atoms with Crippen molar-refractivity contribution in [3.8, 4) is 33.6 Å². The highest BCUT2D eigenvalue weighted by atomic mass is 32.2. The fourth-order valence-corrected chi connectivity index (χ4v) is 9.28. The second kappa shape index (κ2) is 10.2. The molecule has 7 aromatic carbocycles. The SMILES string of the molecule is c1ccc(-n2c3ccc(-c4ccc5c(c4)c4ccccc4n5-c4ccncc4)cc3c3c4cccc5c4c(cc32)Sc2ccccc2-5)cc1. The van der Waals surface area contributed by atoms with Gasteiger partial charge in [-0.2, -0.15) is 0 Å². The molecule has 11 rings (SSSR count). The van der Waals surface area contributed by atoms with E-state index >= 15 is 0 Å². The minimum absolute atomic E-state index is 1.11. The van der Waals surface area contributed by atoms with Crippen molar-refractivity contribution in [2.45, 2.75) is 9.79 Å². The van der Waals surface area contributed by atoms with Crippen molar-refractivity contribution in [2.75, 3.05) is 0 Å². The van der Waals surface area contributed by atoms with Gasteiger partial charge in [-0.15, -0.1) is 0 Å². The molecule has 10 aromatic rings. The molecule has 4 heteroatoms. The molecule has 0 atom stereocenters. The smallest absolute Gasteiger partial charge is 0.0558 e. The number of rotatable bonds is 3. The van der Waals surface area contributed by atoms with Crippen LogP contribution in [0.1, 0.15) is 0 Å². The summed E-state index contributed by atoms with van der Waals surface area (Å²) in [6.45, 7) is 0. The lowest BCUT2D eigenvalue weighted by Crippen LogP contribution is -1.96. The van der Waals surface area contributed by atoms with Crippen molar-refractivity contribution in [3.63, 3.8) is 0 Å². The minimum Gasteiger partial charge on any atom is -0.309 e. The van der Waals surface area contributed by atoms with Gasteiger partial charge in [0.15, 0.2) is 0 Å². The Labute approximate surface area is 286 Å². The van der Waals surface area contributed by atoms with E-state index in [1.165, 1.54) is 92.1 Å². The maximum Gasteiger partial charge on any atom is 0.0558 e. The Kier molecular flexibility index (Phi) is 5.60. The summed E-state index contributed by atoms with van der Waals surface area (Å²) in [6, 6.07) is 55.7. The Morgan fingerprint density at radius 3 is 1.88 bits per heavy atom. The molecule has 0 aliphatic carbocycles. The fourth-order valence-electron chi connectivity index (χ4n) is 8.11. The third kappa shape index (κ3) is 3.83. The number of fused-ring (bicyclic) bond motifs is 9. The lowest BCUT2D eigenvalue weighted by Gasteiger charge is -2.21. The van der Waals surface area contributed by atoms with Gasteiger partial charge in [-0.05, 0) is 94.4 Å². The van der Waals surface area contributed by atoms with Crippen LogP contribution in [0.25, 0.3) is 88.0 Å². The van der Waals surface area contributed by atoms with Gasteiger partial charge in [0.1, 0.15) is 0 Å². The summed E-state index contributed by atoms with van der Waals surface area (Å²) in [6.07, 6.45) is 3.72. The van der Waals surface area contributed by atoms with Crippen LogP contribution < -0.4 is 0 Å². The zero-order valence-corrected chi connectivity index (χ0v) is 27.2. The number of aromatic nitrogens is 3. The Morgan fingerprint density at radius 2 is 1.02 bits per heavy atom. The van der Waals surface area contributed by atoms with Gasteiger partial charge in [-0.3, -0.25) is 4.98 Å². The molecule has 4 heterocycles. The van der Waals surface area contributed by atoms with Crippen LogP contribution in [-0.4, -0.2) is 14.1 Å². The van der Waals surface area contributed by atoms with Gasteiger partial charge in [-0.25, -0.2) is 0 Å². The van der Waals surface area contributed by atoms with Crippen molar-refractivity contribution in [2.24, 2.45) is 0 Å². The maximum atomic E-state index is 4.27. The number of para-hydroxylation sites is 2. The van der Waals surface area contributed by atoms with Crippen molar-refractivity contribution in [3.05, 3.63) is 164 Å². The Bertz CT molecular complexity index is 2950. The number of hydrogen-bond acceptors (Lipinski definition) is 2. The average molecular weight is 642 g/mol. The zero-order chi connectivity index (χ0) is 32.1. The minimum atomic E-state index is 1.11. The van der Waals surface area contributed by atoms with E-state index in [9.17, 15) is 0 Å². The molecule has 0 radical (unpaired) electrons. The largest absolute Gasteiger partial charge is 0.309 e. The normalized spacial score (nSPS) is 12.4. The Hall–Kier alpha value is -6.10. The van der Waals surface area contributed by atoms with E-state index < -0.39 is 0 Å². The van der Waals surface area contributed by atoms with Gasteiger partial charge in [0.05, 0.1) is 22.1 Å². The number of pyridine rings is 1. The van der Waals surface area contributed by atoms with Crippen molar-refractivity contribution >= 4 is 66.1 Å². The molecule has 0 bridgehead atoms. The van der Waals surface area contributed by atoms with Crippen LogP contribution in [0.4, 0.5) is 0 Å². The summed E-state index contributed by atoms with van der Waals surface area (Å²) in [7, 11) is 0. The molecular formula is C45H27N3S. The lowest BCUT2D eigenvalue weighted by molar-refractivity contribution is 1.16. The molecule has 0 saturated heterocycles. The van der Waals surface area contributed by atoms with Crippen LogP contribution in [0.3, 0.4) is 0 Å². The van der Waals surface area contributed by atoms with Gasteiger partial charge < -0.3 is 9.13 Å². The number of hydrogen-bond donors (Lipinski definition) is 0. The van der Waals surface area contributed by atoms with E-state index in [2.05, 4.69) is 166 Å². The molecule has 3 nitrogen and oxygen atoms in total. The Morgan fingerprint density at radius 1 is 0.388 bits per heavy atom. The quantitative estimate of drug-likeness (QED) is 0.192. The molecule has 228 valence electrons. The number of nitrogens with zero attached hydrogens (tertiary/aromatic N) is 3.